The summed E-state index contributed by atoms with van der Waals surface area (Å²) in [5.41, 5.74) is 16.3. The van der Waals surface area contributed by atoms with E-state index in [1.165, 1.54) is 0 Å². The lowest BCUT2D eigenvalue weighted by Gasteiger charge is -2.30. The number of nitrogen functional groups attached to an aromatic ring is 2. The molecule has 0 radical (unpaired) electrons. The van der Waals surface area contributed by atoms with Crippen LogP contribution in [0.3, 0.4) is 0 Å². The number of amides is 2. The predicted molar refractivity (Wildman–Crippen MR) is 166 cm³/mol. The molecule has 0 aliphatic heterocycles. The van der Waals surface area contributed by atoms with Crippen molar-refractivity contribution < 1.29 is 9.59 Å². The molecule has 2 aromatic carbocycles. The van der Waals surface area contributed by atoms with Crippen molar-refractivity contribution in [3.8, 4) is 0 Å². The lowest BCUT2D eigenvalue weighted by molar-refractivity contribution is -0.137. The number of rotatable bonds is 8. The summed E-state index contributed by atoms with van der Waals surface area (Å²) in [6.45, 7) is 9.51. The van der Waals surface area contributed by atoms with E-state index < -0.39 is 17.2 Å². The number of halogens is 2. The molecule has 6 N–H and O–H groups in total. The Morgan fingerprint density at radius 1 is 0.846 bits per heavy atom. The first-order valence-corrected chi connectivity index (χ1v) is 12.2. The molecule has 0 aliphatic rings. The van der Waals surface area contributed by atoms with Crippen LogP contribution in [0.4, 0.5) is 22.7 Å². The van der Waals surface area contributed by atoms with Crippen LogP contribution in [0, 0.1) is 19.3 Å². The summed E-state index contributed by atoms with van der Waals surface area (Å²) in [6.07, 6.45) is 2.73. The summed E-state index contributed by atoms with van der Waals surface area (Å²) in [6, 6.07) is 14.3. The van der Waals surface area contributed by atoms with Gasteiger partial charge < -0.3 is 22.1 Å². The van der Waals surface area contributed by atoms with Gasteiger partial charge in [0.25, 0.3) is 0 Å². The van der Waals surface area contributed by atoms with Crippen LogP contribution in [0.15, 0.2) is 61.2 Å². The van der Waals surface area contributed by atoms with E-state index >= 15 is 0 Å². The van der Waals surface area contributed by atoms with E-state index in [-0.39, 0.29) is 31.2 Å². The monoisotopic (exact) mass is 568 g/mol. The number of allylic oxidation sites excluding steroid dienone is 1. The topological polar surface area (TPSA) is 136 Å². The van der Waals surface area contributed by atoms with Gasteiger partial charge in [-0.15, -0.1) is 31.4 Å². The average Bonchev–Trinajstić information content (AvgIpc) is 2.84. The number of nitrogens with one attached hydrogen (secondary N) is 2. The Labute approximate surface area is 240 Å². The van der Waals surface area contributed by atoms with Crippen molar-refractivity contribution in [2.75, 3.05) is 22.1 Å². The molecule has 206 valence electrons. The second-order valence-corrected chi connectivity index (χ2v) is 9.40. The quantitative estimate of drug-likeness (QED) is 0.144. The first-order chi connectivity index (χ1) is 17.7. The number of carbonyl (C=O) groups excluding carboxylic acids is 2. The standard InChI is InChI=1S/C29H32N6O2.2ClH/c1-5-11-29(12-6-2,27(36)34-19-7-9-25-21(15-19)23(30)13-17(3)32-25)28(37)35-20-8-10-26-22(16-20)24(31)14-18(4)33-26;;/h5,7-10,13-16H,1,6,11-12H2,2-4H3,(H2,30,32)(H2,31,33)(H,34,36)(H,35,37);2*1H. The fraction of sp³-hybridized carbons (Fsp3) is 0.241. The van der Waals surface area contributed by atoms with Gasteiger partial charge in [0.2, 0.25) is 11.8 Å². The number of nitrogens with zero attached hydrogens (tertiary/aromatic N) is 2. The zero-order valence-electron chi connectivity index (χ0n) is 22.2. The minimum Gasteiger partial charge on any atom is -0.398 e. The molecular weight excluding hydrogens is 535 g/mol. The number of aryl methyl sites for hydroxylation is 2. The molecular formula is C29H34Cl2N6O2. The third kappa shape index (κ3) is 6.41. The lowest BCUT2D eigenvalue weighted by Crippen LogP contribution is -2.46. The molecule has 0 atom stereocenters. The van der Waals surface area contributed by atoms with Crippen molar-refractivity contribution in [1.29, 1.82) is 0 Å². The molecule has 4 rings (SSSR count). The minimum absolute atomic E-state index is 0. The Bertz CT molecular complexity index is 1430. The van der Waals surface area contributed by atoms with Crippen molar-refractivity contribution >= 4 is 81.2 Å². The number of hydrogen-bond donors (Lipinski definition) is 4. The molecule has 0 saturated heterocycles. The summed E-state index contributed by atoms with van der Waals surface area (Å²) in [4.78, 5) is 36.4. The number of aromatic nitrogens is 2. The highest BCUT2D eigenvalue weighted by molar-refractivity contribution is 6.15. The maximum Gasteiger partial charge on any atom is 0.240 e. The second-order valence-electron chi connectivity index (χ2n) is 9.40. The number of pyridine rings is 2. The lowest BCUT2D eigenvalue weighted by atomic mass is 9.78. The molecule has 0 saturated carbocycles. The Balaban J connectivity index is 0.00000267. The zero-order chi connectivity index (χ0) is 26.7. The number of hydrogen-bond acceptors (Lipinski definition) is 6. The molecule has 0 fully saturated rings. The fourth-order valence-electron chi connectivity index (χ4n) is 4.73. The number of fused-ring (bicyclic) bond motifs is 2. The van der Waals surface area contributed by atoms with Crippen molar-refractivity contribution in [3.63, 3.8) is 0 Å². The molecule has 10 heteroatoms. The molecule has 8 nitrogen and oxygen atoms in total. The molecule has 39 heavy (non-hydrogen) atoms. The van der Waals surface area contributed by atoms with Crippen LogP contribution in [0.5, 0.6) is 0 Å². The van der Waals surface area contributed by atoms with E-state index in [1.807, 2.05) is 20.8 Å². The van der Waals surface area contributed by atoms with Gasteiger partial charge in [-0.1, -0.05) is 19.4 Å². The third-order valence-electron chi connectivity index (χ3n) is 6.49. The molecule has 0 aliphatic carbocycles. The molecule has 2 aromatic heterocycles. The maximum atomic E-state index is 13.7. The molecule has 2 amide bonds. The van der Waals surface area contributed by atoms with Crippen LogP contribution in [-0.2, 0) is 9.59 Å². The van der Waals surface area contributed by atoms with E-state index in [0.29, 0.717) is 35.6 Å². The van der Waals surface area contributed by atoms with E-state index in [0.717, 1.165) is 33.2 Å². The second kappa shape index (κ2) is 12.8. The Kier molecular flexibility index (Phi) is 10.3. The largest absolute Gasteiger partial charge is 0.398 e. The molecule has 0 unspecified atom stereocenters. The highest BCUT2D eigenvalue weighted by atomic mass is 35.5. The van der Waals surface area contributed by atoms with E-state index in [4.69, 9.17) is 11.5 Å². The summed E-state index contributed by atoms with van der Waals surface area (Å²) < 4.78 is 0. The van der Waals surface area contributed by atoms with Gasteiger partial charge >= 0.3 is 0 Å². The smallest absolute Gasteiger partial charge is 0.240 e. The molecule has 0 spiro atoms. The summed E-state index contributed by atoms with van der Waals surface area (Å²) in [5.74, 6) is -0.829. The SMILES string of the molecule is C=CCC(CCC)(C(=O)Nc1ccc2nc(C)cc(N)c2c1)C(=O)Nc1ccc2nc(C)cc(N)c2c1.Cl.Cl. The Morgan fingerprint density at radius 3 is 1.67 bits per heavy atom. The van der Waals surface area contributed by atoms with Gasteiger partial charge in [-0.2, -0.15) is 0 Å². The highest BCUT2D eigenvalue weighted by Gasteiger charge is 2.44. The number of anilines is 4. The van der Waals surface area contributed by atoms with Crippen molar-refractivity contribution in [2.45, 2.75) is 40.0 Å². The van der Waals surface area contributed by atoms with Gasteiger partial charge in [0.1, 0.15) is 5.41 Å². The third-order valence-corrected chi connectivity index (χ3v) is 6.49. The van der Waals surface area contributed by atoms with Gasteiger partial charge in [0, 0.05) is 44.9 Å². The minimum atomic E-state index is -1.37. The van der Waals surface area contributed by atoms with Crippen molar-refractivity contribution in [2.24, 2.45) is 5.41 Å². The Morgan fingerprint density at radius 2 is 1.28 bits per heavy atom. The highest BCUT2D eigenvalue weighted by Crippen LogP contribution is 2.34. The van der Waals surface area contributed by atoms with Crippen LogP contribution in [0.1, 0.15) is 37.6 Å². The first-order valence-electron chi connectivity index (χ1n) is 12.2. The van der Waals surface area contributed by atoms with Crippen molar-refractivity contribution in [3.05, 3.63) is 72.6 Å². The fourth-order valence-corrected chi connectivity index (χ4v) is 4.73. The Hall–Kier alpha value is -3.88. The van der Waals surface area contributed by atoms with E-state index in [2.05, 4.69) is 27.2 Å². The number of nitrogens with two attached hydrogens (primary N) is 2. The van der Waals surface area contributed by atoms with Gasteiger partial charge in [0.05, 0.1) is 11.0 Å². The predicted octanol–water partition coefficient (Wildman–Crippen LogP) is 6.35. The van der Waals surface area contributed by atoms with Gasteiger partial charge in [-0.05, 0) is 75.2 Å². The van der Waals surface area contributed by atoms with Crippen molar-refractivity contribution in [1.82, 2.24) is 9.97 Å². The van der Waals surface area contributed by atoms with E-state index in [1.54, 1.807) is 54.6 Å². The van der Waals surface area contributed by atoms with Gasteiger partial charge in [-0.25, -0.2) is 0 Å². The van der Waals surface area contributed by atoms with Crippen LogP contribution >= 0.6 is 24.8 Å². The maximum absolute atomic E-state index is 13.7. The number of benzene rings is 2. The van der Waals surface area contributed by atoms with Crippen LogP contribution in [0.25, 0.3) is 21.8 Å². The van der Waals surface area contributed by atoms with Gasteiger partial charge in [-0.3, -0.25) is 19.6 Å². The van der Waals surface area contributed by atoms with Crippen LogP contribution in [-0.4, -0.2) is 21.8 Å². The average molecular weight is 570 g/mol. The van der Waals surface area contributed by atoms with Crippen LogP contribution in [0.2, 0.25) is 0 Å². The summed E-state index contributed by atoms with van der Waals surface area (Å²) in [5, 5.41) is 7.34. The van der Waals surface area contributed by atoms with E-state index in [9.17, 15) is 9.59 Å². The van der Waals surface area contributed by atoms with Crippen LogP contribution < -0.4 is 22.1 Å². The molecule has 2 heterocycles. The zero-order valence-corrected chi connectivity index (χ0v) is 23.8. The normalized spacial score (nSPS) is 10.8. The molecule has 0 bridgehead atoms. The summed E-state index contributed by atoms with van der Waals surface area (Å²) >= 11 is 0. The number of carbonyl (C=O) groups is 2. The first kappa shape index (κ1) is 31.3. The molecule has 4 aromatic rings. The summed E-state index contributed by atoms with van der Waals surface area (Å²) in [7, 11) is 0. The van der Waals surface area contributed by atoms with Gasteiger partial charge in [0.15, 0.2) is 0 Å².